The molecule has 0 aromatic carbocycles. The highest BCUT2D eigenvalue weighted by molar-refractivity contribution is 7.89. The second-order valence-corrected chi connectivity index (χ2v) is 6.10. The van der Waals surface area contributed by atoms with E-state index in [4.69, 9.17) is 5.84 Å². The zero-order chi connectivity index (χ0) is 13.7. The van der Waals surface area contributed by atoms with Crippen LogP contribution in [0.5, 0.6) is 0 Å². The zero-order valence-corrected chi connectivity index (χ0v) is 11.5. The van der Waals surface area contributed by atoms with Crippen LogP contribution >= 0.6 is 11.3 Å². The topological polar surface area (TPSA) is 110 Å². The number of aromatic nitrogens is 2. The standard InChI is InChI=1S/C10H13N5O2S2/c11-15-9-2-3-12-5-10(9)19(16,17)14-4-1-8-6-18-7-13-8/h2-3,5-7,14H,1,4,11H2,(H,12,15). The van der Waals surface area contributed by atoms with Gasteiger partial charge in [-0.1, -0.05) is 0 Å². The average Bonchev–Trinajstić information content (AvgIpc) is 2.91. The van der Waals surface area contributed by atoms with E-state index in [1.165, 1.54) is 29.8 Å². The van der Waals surface area contributed by atoms with Crippen molar-refractivity contribution in [1.82, 2.24) is 14.7 Å². The van der Waals surface area contributed by atoms with Crippen LogP contribution in [0.3, 0.4) is 0 Å². The summed E-state index contributed by atoms with van der Waals surface area (Å²) >= 11 is 1.48. The van der Waals surface area contributed by atoms with Crippen molar-refractivity contribution >= 4 is 27.0 Å². The van der Waals surface area contributed by atoms with Crippen LogP contribution in [-0.2, 0) is 16.4 Å². The monoisotopic (exact) mass is 299 g/mol. The number of anilines is 1. The van der Waals surface area contributed by atoms with Gasteiger partial charge in [0.15, 0.2) is 0 Å². The van der Waals surface area contributed by atoms with Crippen molar-refractivity contribution in [3.63, 3.8) is 0 Å². The minimum atomic E-state index is -3.64. The summed E-state index contributed by atoms with van der Waals surface area (Å²) in [6.45, 7) is 0.269. The van der Waals surface area contributed by atoms with Gasteiger partial charge in [0.1, 0.15) is 4.90 Å². The van der Waals surface area contributed by atoms with Crippen molar-refractivity contribution < 1.29 is 8.42 Å². The predicted octanol–water partition coefficient (Wildman–Crippen LogP) is 0.345. The number of pyridine rings is 1. The van der Waals surface area contributed by atoms with Gasteiger partial charge in [-0.3, -0.25) is 10.8 Å². The lowest BCUT2D eigenvalue weighted by Gasteiger charge is -2.09. The fourth-order valence-corrected chi connectivity index (χ4v) is 3.20. The first kappa shape index (κ1) is 13.9. The number of sulfonamides is 1. The summed E-state index contributed by atoms with van der Waals surface area (Å²) in [7, 11) is -3.64. The minimum absolute atomic E-state index is 0.0239. The molecule has 4 N–H and O–H groups in total. The van der Waals surface area contributed by atoms with Gasteiger partial charge in [-0.2, -0.15) is 0 Å². The Morgan fingerprint density at radius 1 is 1.42 bits per heavy atom. The molecule has 2 rings (SSSR count). The predicted molar refractivity (Wildman–Crippen MR) is 73.1 cm³/mol. The Morgan fingerprint density at radius 2 is 2.26 bits per heavy atom. The van der Waals surface area contributed by atoms with Crippen LogP contribution < -0.4 is 16.0 Å². The lowest BCUT2D eigenvalue weighted by atomic mass is 10.3. The maximum atomic E-state index is 12.1. The Balaban J connectivity index is 2.05. The van der Waals surface area contributed by atoms with Gasteiger partial charge < -0.3 is 5.43 Å². The zero-order valence-electron chi connectivity index (χ0n) is 9.91. The van der Waals surface area contributed by atoms with Crippen molar-refractivity contribution in [3.8, 4) is 0 Å². The number of hydrogen-bond acceptors (Lipinski definition) is 7. The molecule has 0 unspecified atom stereocenters. The van der Waals surface area contributed by atoms with Crippen LogP contribution in [0.15, 0.2) is 34.2 Å². The van der Waals surface area contributed by atoms with E-state index in [0.717, 1.165) is 5.69 Å². The minimum Gasteiger partial charge on any atom is -0.323 e. The largest absolute Gasteiger partial charge is 0.323 e. The van der Waals surface area contributed by atoms with Gasteiger partial charge in [0.25, 0.3) is 0 Å². The van der Waals surface area contributed by atoms with Crippen molar-refractivity contribution in [2.24, 2.45) is 5.84 Å². The van der Waals surface area contributed by atoms with Gasteiger partial charge >= 0.3 is 0 Å². The van der Waals surface area contributed by atoms with E-state index in [9.17, 15) is 8.42 Å². The molecule has 0 radical (unpaired) electrons. The van der Waals surface area contributed by atoms with Gasteiger partial charge in [0.2, 0.25) is 10.0 Å². The molecule has 0 fully saturated rings. The molecule has 0 bridgehead atoms. The van der Waals surface area contributed by atoms with Gasteiger partial charge in [-0.25, -0.2) is 18.1 Å². The van der Waals surface area contributed by atoms with E-state index < -0.39 is 10.0 Å². The van der Waals surface area contributed by atoms with Crippen molar-refractivity contribution in [2.45, 2.75) is 11.3 Å². The van der Waals surface area contributed by atoms with E-state index in [1.54, 1.807) is 5.51 Å². The summed E-state index contributed by atoms with van der Waals surface area (Å²) < 4.78 is 26.6. The number of hydrogen-bond donors (Lipinski definition) is 3. The first-order valence-corrected chi connectivity index (χ1v) is 7.83. The number of nitrogens with one attached hydrogen (secondary N) is 2. The Morgan fingerprint density at radius 3 is 2.95 bits per heavy atom. The fourth-order valence-electron chi connectivity index (χ4n) is 1.47. The molecule has 2 heterocycles. The van der Waals surface area contributed by atoms with E-state index in [1.807, 2.05) is 5.38 Å². The van der Waals surface area contributed by atoms with E-state index >= 15 is 0 Å². The second kappa shape index (κ2) is 6.06. The molecule has 0 saturated carbocycles. The first-order valence-electron chi connectivity index (χ1n) is 5.41. The van der Waals surface area contributed by atoms with Crippen molar-refractivity contribution in [1.29, 1.82) is 0 Å². The summed E-state index contributed by atoms with van der Waals surface area (Å²) in [5.74, 6) is 5.27. The third kappa shape index (κ3) is 3.47. The first-order chi connectivity index (χ1) is 9.13. The summed E-state index contributed by atoms with van der Waals surface area (Å²) in [6, 6.07) is 1.50. The summed E-state index contributed by atoms with van der Waals surface area (Å²) in [6.07, 6.45) is 3.25. The van der Waals surface area contributed by atoms with Crippen LogP contribution in [0.1, 0.15) is 5.69 Å². The quantitative estimate of drug-likeness (QED) is 0.524. The fraction of sp³-hybridized carbons (Fsp3) is 0.200. The molecule has 0 aliphatic rings. The van der Waals surface area contributed by atoms with E-state index in [2.05, 4.69) is 20.1 Å². The van der Waals surface area contributed by atoms with Crippen LogP contribution in [0.25, 0.3) is 0 Å². The van der Waals surface area contributed by atoms with E-state index in [-0.39, 0.29) is 11.4 Å². The Bertz CT molecular complexity index is 627. The van der Waals surface area contributed by atoms with E-state index in [0.29, 0.717) is 12.1 Å². The van der Waals surface area contributed by atoms with Crippen LogP contribution in [0.4, 0.5) is 5.69 Å². The molecule has 0 aliphatic heterocycles. The molecule has 0 aliphatic carbocycles. The smallest absolute Gasteiger partial charge is 0.244 e. The van der Waals surface area contributed by atoms with Crippen LogP contribution in [0, 0.1) is 0 Å². The number of hydrazine groups is 1. The molecule has 9 heteroatoms. The molecule has 7 nitrogen and oxygen atoms in total. The molecular formula is C10H13N5O2S2. The molecule has 2 aromatic heterocycles. The maximum absolute atomic E-state index is 12.1. The molecule has 102 valence electrons. The number of nitrogens with zero attached hydrogens (tertiary/aromatic N) is 2. The number of nitrogen functional groups attached to an aromatic ring is 1. The number of thiazole rings is 1. The highest BCUT2D eigenvalue weighted by atomic mass is 32.2. The highest BCUT2D eigenvalue weighted by Gasteiger charge is 2.17. The maximum Gasteiger partial charge on any atom is 0.244 e. The molecule has 2 aromatic rings. The lowest BCUT2D eigenvalue weighted by Crippen LogP contribution is -2.27. The summed E-state index contributed by atoms with van der Waals surface area (Å²) in [5, 5.41) is 1.88. The second-order valence-electron chi connectivity index (χ2n) is 3.64. The molecule has 0 amide bonds. The average molecular weight is 299 g/mol. The Labute approximate surface area is 114 Å². The van der Waals surface area contributed by atoms with Crippen molar-refractivity contribution in [3.05, 3.63) is 35.0 Å². The summed E-state index contributed by atoms with van der Waals surface area (Å²) in [4.78, 5) is 7.90. The third-order valence-corrected chi connectivity index (χ3v) is 4.51. The normalized spacial score (nSPS) is 11.4. The molecular weight excluding hydrogens is 286 g/mol. The van der Waals surface area contributed by atoms with Gasteiger partial charge in [-0.15, -0.1) is 11.3 Å². The SMILES string of the molecule is NNc1ccncc1S(=O)(=O)NCCc1cscn1. The van der Waals surface area contributed by atoms with Gasteiger partial charge in [-0.05, 0) is 6.07 Å². The highest BCUT2D eigenvalue weighted by Crippen LogP contribution is 2.17. The third-order valence-electron chi connectivity index (χ3n) is 2.39. The molecule has 19 heavy (non-hydrogen) atoms. The van der Waals surface area contributed by atoms with Gasteiger partial charge in [0, 0.05) is 30.7 Å². The number of rotatable bonds is 6. The molecule has 0 spiro atoms. The Hall–Kier alpha value is -1.55. The van der Waals surface area contributed by atoms with Crippen molar-refractivity contribution in [2.75, 3.05) is 12.0 Å². The molecule has 0 atom stereocenters. The van der Waals surface area contributed by atoms with Gasteiger partial charge in [0.05, 0.1) is 16.9 Å². The Kier molecular flexibility index (Phi) is 4.43. The number of nitrogens with two attached hydrogens (primary N) is 1. The lowest BCUT2D eigenvalue weighted by molar-refractivity contribution is 0.581. The summed E-state index contributed by atoms with van der Waals surface area (Å²) in [5.41, 5.74) is 5.20. The molecule has 0 saturated heterocycles. The van der Waals surface area contributed by atoms with Crippen LogP contribution in [-0.4, -0.2) is 24.9 Å². The van der Waals surface area contributed by atoms with Crippen LogP contribution in [0.2, 0.25) is 0 Å².